The highest BCUT2D eigenvalue weighted by Crippen LogP contribution is 2.37. The van der Waals surface area contributed by atoms with Gasteiger partial charge in [0, 0.05) is 11.5 Å². The molecule has 1 saturated carbocycles. The Morgan fingerprint density at radius 2 is 2.11 bits per heavy atom. The molecule has 96 valence electrons. The van der Waals surface area contributed by atoms with E-state index in [1.807, 2.05) is 12.1 Å². The molecule has 1 N–H and O–H groups in total. The molecule has 0 radical (unpaired) electrons. The van der Waals surface area contributed by atoms with Crippen molar-refractivity contribution in [2.45, 2.75) is 12.8 Å². The van der Waals surface area contributed by atoms with Crippen LogP contribution in [0.25, 0.3) is 10.4 Å². The zero-order valence-corrected chi connectivity index (χ0v) is 10.2. The summed E-state index contributed by atoms with van der Waals surface area (Å²) in [6.07, 6.45) is 2.07. The van der Waals surface area contributed by atoms with Crippen molar-refractivity contribution < 1.29 is 4.39 Å². The molecular weight excluding hydrogens is 231 g/mol. The van der Waals surface area contributed by atoms with Crippen LogP contribution in [0.4, 0.5) is 4.39 Å². The zero-order valence-electron chi connectivity index (χ0n) is 10.2. The number of hydrogen-bond acceptors (Lipinski definition) is 2. The lowest BCUT2D eigenvalue weighted by Crippen LogP contribution is -2.20. The molecule has 5 heteroatoms. The van der Waals surface area contributed by atoms with Crippen LogP contribution in [0, 0.1) is 17.7 Å². The molecule has 1 aromatic rings. The largest absolute Gasteiger partial charge is 0.316 e. The molecule has 1 fully saturated rings. The molecule has 1 aromatic carbocycles. The first kappa shape index (κ1) is 12.9. The number of rotatable bonds is 7. The molecule has 0 spiro atoms. The van der Waals surface area contributed by atoms with Crippen LogP contribution < -0.4 is 5.32 Å². The molecule has 2 rings (SSSR count). The number of hydrogen-bond donors (Lipinski definition) is 1. The molecule has 0 amide bonds. The Morgan fingerprint density at radius 1 is 1.33 bits per heavy atom. The summed E-state index contributed by atoms with van der Waals surface area (Å²) in [5.41, 5.74) is 9.35. The van der Waals surface area contributed by atoms with Gasteiger partial charge in [-0.05, 0) is 61.0 Å². The van der Waals surface area contributed by atoms with E-state index in [2.05, 4.69) is 15.3 Å². The first-order valence-electron chi connectivity index (χ1n) is 6.25. The van der Waals surface area contributed by atoms with Crippen LogP contribution in [0.15, 0.2) is 29.4 Å². The summed E-state index contributed by atoms with van der Waals surface area (Å²) in [6.45, 7) is 2.50. The van der Waals surface area contributed by atoms with E-state index in [1.165, 1.54) is 12.1 Å². The van der Waals surface area contributed by atoms with Gasteiger partial charge in [-0.2, -0.15) is 0 Å². The monoisotopic (exact) mass is 248 g/mol. The van der Waals surface area contributed by atoms with Gasteiger partial charge in [0.1, 0.15) is 5.82 Å². The van der Waals surface area contributed by atoms with E-state index >= 15 is 0 Å². The van der Waals surface area contributed by atoms with E-state index in [0.717, 1.165) is 31.5 Å². The van der Waals surface area contributed by atoms with E-state index in [1.54, 1.807) is 0 Å². The average Bonchev–Trinajstić information content (AvgIpc) is 3.13. The third-order valence-corrected chi connectivity index (χ3v) is 3.36. The molecule has 2 unspecified atom stereocenters. The normalized spacial score (nSPS) is 21.4. The van der Waals surface area contributed by atoms with Crippen LogP contribution in [-0.4, -0.2) is 19.6 Å². The van der Waals surface area contributed by atoms with Crippen molar-refractivity contribution in [1.82, 2.24) is 5.32 Å². The van der Waals surface area contributed by atoms with Crippen molar-refractivity contribution in [2.24, 2.45) is 17.0 Å². The molecule has 0 aliphatic heterocycles. The zero-order chi connectivity index (χ0) is 12.8. The van der Waals surface area contributed by atoms with Crippen molar-refractivity contribution in [1.29, 1.82) is 0 Å². The Labute approximate surface area is 106 Å². The lowest BCUT2D eigenvalue weighted by atomic mass is 10.1. The van der Waals surface area contributed by atoms with Gasteiger partial charge in [-0.1, -0.05) is 17.2 Å². The standard InChI is InChI=1S/C13H17FN4/c14-13-3-1-10(2-4-13)5-6-16-8-11-7-12(11)9-17-18-15/h1-4,11-12,16H,5-9H2. The number of azide groups is 1. The number of halogens is 1. The van der Waals surface area contributed by atoms with Gasteiger partial charge in [0.2, 0.25) is 0 Å². The van der Waals surface area contributed by atoms with Gasteiger partial charge in [-0.3, -0.25) is 0 Å². The Morgan fingerprint density at radius 3 is 2.83 bits per heavy atom. The van der Waals surface area contributed by atoms with Crippen molar-refractivity contribution >= 4 is 0 Å². The van der Waals surface area contributed by atoms with Crippen LogP contribution in [-0.2, 0) is 6.42 Å². The highest BCUT2D eigenvalue weighted by atomic mass is 19.1. The van der Waals surface area contributed by atoms with Crippen molar-refractivity contribution in [3.63, 3.8) is 0 Å². The summed E-state index contributed by atoms with van der Waals surface area (Å²) in [5.74, 6) is 1.04. The maximum atomic E-state index is 12.7. The minimum Gasteiger partial charge on any atom is -0.316 e. The smallest absolute Gasteiger partial charge is 0.123 e. The van der Waals surface area contributed by atoms with Crippen LogP contribution in [0.5, 0.6) is 0 Å². The topological polar surface area (TPSA) is 60.8 Å². The molecule has 0 bridgehead atoms. The lowest BCUT2D eigenvalue weighted by Gasteiger charge is -2.04. The Bertz CT molecular complexity index is 425. The summed E-state index contributed by atoms with van der Waals surface area (Å²) in [7, 11) is 0. The number of nitrogens with zero attached hydrogens (tertiary/aromatic N) is 3. The molecular formula is C13H17FN4. The quantitative estimate of drug-likeness (QED) is 0.343. The van der Waals surface area contributed by atoms with E-state index in [0.29, 0.717) is 18.4 Å². The second-order valence-corrected chi connectivity index (χ2v) is 4.75. The molecule has 0 saturated heterocycles. The Hall–Kier alpha value is -1.58. The van der Waals surface area contributed by atoms with Gasteiger partial charge < -0.3 is 5.32 Å². The summed E-state index contributed by atoms with van der Waals surface area (Å²) in [4.78, 5) is 2.77. The third-order valence-electron chi connectivity index (χ3n) is 3.36. The summed E-state index contributed by atoms with van der Waals surface area (Å²) < 4.78 is 12.7. The van der Waals surface area contributed by atoms with Crippen LogP contribution in [0.2, 0.25) is 0 Å². The summed E-state index contributed by atoms with van der Waals surface area (Å²) in [6, 6.07) is 6.62. The fourth-order valence-corrected chi connectivity index (χ4v) is 2.10. The molecule has 4 nitrogen and oxygen atoms in total. The number of benzene rings is 1. The van der Waals surface area contributed by atoms with Crippen LogP contribution >= 0.6 is 0 Å². The van der Waals surface area contributed by atoms with E-state index in [9.17, 15) is 4.39 Å². The molecule has 2 atom stereocenters. The summed E-state index contributed by atoms with van der Waals surface area (Å²) in [5, 5.41) is 6.97. The summed E-state index contributed by atoms with van der Waals surface area (Å²) >= 11 is 0. The third kappa shape index (κ3) is 4.02. The number of nitrogens with one attached hydrogen (secondary N) is 1. The Kier molecular flexibility index (Phi) is 4.56. The molecule has 0 heterocycles. The van der Waals surface area contributed by atoms with E-state index < -0.39 is 0 Å². The van der Waals surface area contributed by atoms with E-state index in [4.69, 9.17) is 5.53 Å². The fraction of sp³-hybridized carbons (Fsp3) is 0.538. The predicted octanol–water partition coefficient (Wildman–Crippen LogP) is 2.90. The van der Waals surface area contributed by atoms with Gasteiger partial charge >= 0.3 is 0 Å². The second kappa shape index (κ2) is 6.38. The first-order chi connectivity index (χ1) is 8.79. The maximum absolute atomic E-state index is 12.7. The highest BCUT2D eigenvalue weighted by molar-refractivity contribution is 5.16. The van der Waals surface area contributed by atoms with Gasteiger partial charge in [0.15, 0.2) is 0 Å². The maximum Gasteiger partial charge on any atom is 0.123 e. The van der Waals surface area contributed by atoms with E-state index in [-0.39, 0.29) is 5.82 Å². The predicted molar refractivity (Wildman–Crippen MR) is 68.6 cm³/mol. The molecule has 18 heavy (non-hydrogen) atoms. The molecule has 1 aliphatic rings. The van der Waals surface area contributed by atoms with Gasteiger partial charge in [0.05, 0.1) is 0 Å². The van der Waals surface area contributed by atoms with Gasteiger partial charge in [-0.15, -0.1) is 0 Å². The molecule has 0 aromatic heterocycles. The van der Waals surface area contributed by atoms with Gasteiger partial charge in [-0.25, -0.2) is 4.39 Å². The first-order valence-corrected chi connectivity index (χ1v) is 6.25. The Balaban J connectivity index is 1.57. The molecule has 1 aliphatic carbocycles. The fourth-order valence-electron chi connectivity index (χ4n) is 2.10. The second-order valence-electron chi connectivity index (χ2n) is 4.75. The van der Waals surface area contributed by atoms with Crippen LogP contribution in [0.3, 0.4) is 0 Å². The van der Waals surface area contributed by atoms with Crippen molar-refractivity contribution in [2.75, 3.05) is 19.6 Å². The van der Waals surface area contributed by atoms with Gasteiger partial charge in [0.25, 0.3) is 0 Å². The minimum absolute atomic E-state index is 0.189. The SMILES string of the molecule is [N-]=[N+]=NCC1CC1CNCCc1ccc(F)cc1. The lowest BCUT2D eigenvalue weighted by molar-refractivity contribution is 0.599. The highest BCUT2D eigenvalue weighted by Gasteiger charge is 2.35. The average molecular weight is 248 g/mol. The van der Waals surface area contributed by atoms with Crippen LogP contribution in [0.1, 0.15) is 12.0 Å². The minimum atomic E-state index is -0.189. The van der Waals surface area contributed by atoms with Crippen molar-refractivity contribution in [3.8, 4) is 0 Å². The van der Waals surface area contributed by atoms with Crippen molar-refractivity contribution in [3.05, 3.63) is 46.1 Å².